The third-order valence-corrected chi connectivity index (χ3v) is 3.69. The second-order valence-corrected chi connectivity index (χ2v) is 5.23. The molecule has 1 fully saturated rings. The summed E-state index contributed by atoms with van der Waals surface area (Å²) in [6.07, 6.45) is 2.30. The van der Waals surface area contributed by atoms with Crippen LogP contribution in [0.3, 0.4) is 0 Å². The first-order valence-corrected chi connectivity index (χ1v) is 7.41. The topological polar surface area (TPSA) is 77.2 Å². The summed E-state index contributed by atoms with van der Waals surface area (Å²) in [4.78, 5) is 17.6. The number of methoxy groups -OCH3 is 2. The normalized spacial score (nSPS) is 14.6. The van der Waals surface area contributed by atoms with E-state index in [1.54, 1.807) is 19.1 Å². The molecule has 0 aromatic heterocycles. The molecular formula is C16H24ClN3O3. The molecule has 0 aliphatic carbocycles. The van der Waals surface area contributed by atoms with Crippen LogP contribution in [-0.4, -0.2) is 50.5 Å². The van der Waals surface area contributed by atoms with Gasteiger partial charge in [-0.05, 0) is 30.5 Å². The fraction of sp³-hybridized carbons (Fsp3) is 0.500. The lowest BCUT2D eigenvalue weighted by Gasteiger charge is -2.14. The molecule has 1 aromatic rings. The third kappa shape index (κ3) is 5.32. The lowest BCUT2D eigenvalue weighted by molar-refractivity contribution is -0.127. The standard InChI is InChI=1S/C16H23N3O3.ClH/c1-21-13-6-5-12(10-14(13)22-2)7-8-18-15(17)11-19-9-3-4-16(19)20;/h5-6,10H,3-4,7-9,11H2,1-2H3,(H2,17,18);1H. The molecule has 1 saturated heterocycles. The van der Waals surface area contributed by atoms with Crippen LogP contribution in [0.25, 0.3) is 0 Å². The maximum absolute atomic E-state index is 11.5. The van der Waals surface area contributed by atoms with Crippen molar-refractivity contribution in [3.05, 3.63) is 23.8 Å². The number of benzene rings is 1. The summed E-state index contributed by atoms with van der Waals surface area (Å²) in [6, 6.07) is 5.80. The highest BCUT2D eigenvalue weighted by Crippen LogP contribution is 2.27. The van der Waals surface area contributed by atoms with Gasteiger partial charge in [-0.2, -0.15) is 0 Å². The predicted molar refractivity (Wildman–Crippen MR) is 92.8 cm³/mol. The summed E-state index contributed by atoms with van der Waals surface area (Å²) < 4.78 is 10.5. The molecule has 1 heterocycles. The van der Waals surface area contributed by atoms with E-state index in [0.717, 1.165) is 24.9 Å². The molecule has 6 nitrogen and oxygen atoms in total. The number of rotatable bonds is 7. The van der Waals surface area contributed by atoms with E-state index in [9.17, 15) is 4.79 Å². The second-order valence-electron chi connectivity index (χ2n) is 5.23. The van der Waals surface area contributed by atoms with Crippen molar-refractivity contribution in [3.8, 4) is 11.5 Å². The van der Waals surface area contributed by atoms with Crippen LogP contribution in [0.1, 0.15) is 18.4 Å². The first-order valence-electron chi connectivity index (χ1n) is 7.41. The lowest BCUT2D eigenvalue weighted by atomic mass is 10.1. The van der Waals surface area contributed by atoms with Crippen LogP contribution >= 0.6 is 12.4 Å². The molecule has 23 heavy (non-hydrogen) atoms. The van der Waals surface area contributed by atoms with Gasteiger partial charge >= 0.3 is 0 Å². The molecule has 2 rings (SSSR count). The van der Waals surface area contributed by atoms with E-state index in [0.29, 0.717) is 36.8 Å². The zero-order chi connectivity index (χ0) is 15.9. The first-order chi connectivity index (χ1) is 10.6. The average molecular weight is 342 g/mol. The van der Waals surface area contributed by atoms with Gasteiger partial charge in [0.2, 0.25) is 5.91 Å². The maximum atomic E-state index is 11.5. The Hall–Kier alpha value is -1.95. The fourth-order valence-electron chi connectivity index (χ4n) is 2.48. The van der Waals surface area contributed by atoms with Gasteiger partial charge in [-0.25, -0.2) is 0 Å². The molecule has 1 amide bonds. The van der Waals surface area contributed by atoms with Crippen LogP contribution in [0, 0.1) is 0 Å². The molecule has 1 aliphatic rings. The number of nitrogens with zero attached hydrogens (tertiary/aromatic N) is 2. The van der Waals surface area contributed by atoms with Crippen LogP contribution in [0.5, 0.6) is 11.5 Å². The molecule has 0 radical (unpaired) electrons. The summed E-state index contributed by atoms with van der Waals surface area (Å²) in [5.74, 6) is 2.09. The number of ether oxygens (including phenoxy) is 2. The Morgan fingerprint density at radius 2 is 2.04 bits per heavy atom. The molecule has 1 aromatic carbocycles. The lowest BCUT2D eigenvalue weighted by Crippen LogP contribution is -2.34. The summed E-state index contributed by atoms with van der Waals surface area (Å²) in [7, 11) is 3.23. The second kappa shape index (κ2) is 9.25. The highest BCUT2D eigenvalue weighted by Gasteiger charge is 2.20. The molecule has 0 bridgehead atoms. The molecule has 128 valence electrons. The number of carbonyl (C=O) groups excluding carboxylic acids is 1. The minimum absolute atomic E-state index is 0. The van der Waals surface area contributed by atoms with Gasteiger partial charge in [-0.3, -0.25) is 9.79 Å². The first kappa shape index (κ1) is 19.1. The quantitative estimate of drug-likeness (QED) is 0.604. The van der Waals surface area contributed by atoms with Crippen molar-refractivity contribution < 1.29 is 14.3 Å². The van der Waals surface area contributed by atoms with Crippen LogP contribution < -0.4 is 15.2 Å². The van der Waals surface area contributed by atoms with Crippen molar-refractivity contribution in [1.29, 1.82) is 0 Å². The van der Waals surface area contributed by atoms with Gasteiger partial charge in [-0.1, -0.05) is 6.07 Å². The summed E-state index contributed by atoms with van der Waals surface area (Å²) in [5, 5.41) is 0. The van der Waals surface area contributed by atoms with E-state index in [4.69, 9.17) is 15.2 Å². The van der Waals surface area contributed by atoms with Crippen molar-refractivity contribution in [1.82, 2.24) is 4.90 Å². The molecule has 0 saturated carbocycles. The van der Waals surface area contributed by atoms with Crippen LogP contribution in [0.15, 0.2) is 23.2 Å². The van der Waals surface area contributed by atoms with Crippen molar-refractivity contribution in [2.75, 3.05) is 33.9 Å². The number of likely N-dealkylation sites (tertiary alicyclic amines) is 1. The van der Waals surface area contributed by atoms with Crippen molar-refractivity contribution >= 4 is 24.1 Å². The summed E-state index contributed by atoms with van der Waals surface area (Å²) in [6.45, 7) is 1.80. The van der Waals surface area contributed by atoms with Gasteiger partial charge in [0.25, 0.3) is 0 Å². The maximum Gasteiger partial charge on any atom is 0.223 e. The van der Waals surface area contributed by atoms with Gasteiger partial charge < -0.3 is 20.1 Å². The predicted octanol–water partition coefficient (Wildman–Crippen LogP) is 1.65. The van der Waals surface area contributed by atoms with Gasteiger partial charge in [0.1, 0.15) is 5.84 Å². The Morgan fingerprint density at radius 1 is 1.30 bits per heavy atom. The van der Waals surface area contributed by atoms with E-state index in [-0.39, 0.29) is 18.3 Å². The van der Waals surface area contributed by atoms with E-state index in [2.05, 4.69) is 4.99 Å². The molecule has 7 heteroatoms. The minimum atomic E-state index is 0. The summed E-state index contributed by atoms with van der Waals surface area (Å²) in [5.41, 5.74) is 7.00. The van der Waals surface area contributed by atoms with Gasteiger partial charge in [0, 0.05) is 19.5 Å². The average Bonchev–Trinajstić information content (AvgIpc) is 2.92. The van der Waals surface area contributed by atoms with E-state index >= 15 is 0 Å². The van der Waals surface area contributed by atoms with Crippen molar-refractivity contribution in [2.45, 2.75) is 19.3 Å². The minimum Gasteiger partial charge on any atom is -0.493 e. The third-order valence-electron chi connectivity index (χ3n) is 3.69. The van der Waals surface area contributed by atoms with Crippen LogP contribution in [-0.2, 0) is 11.2 Å². The molecular weight excluding hydrogens is 318 g/mol. The van der Waals surface area contributed by atoms with E-state index < -0.39 is 0 Å². The van der Waals surface area contributed by atoms with Crippen LogP contribution in [0.2, 0.25) is 0 Å². The van der Waals surface area contributed by atoms with Crippen molar-refractivity contribution in [2.24, 2.45) is 10.7 Å². The number of nitrogens with two attached hydrogens (primary N) is 1. The monoisotopic (exact) mass is 341 g/mol. The largest absolute Gasteiger partial charge is 0.493 e. The van der Waals surface area contributed by atoms with E-state index in [1.165, 1.54) is 0 Å². The molecule has 0 atom stereocenters. The number of hydrogen-bond acceptors (Lipinski definition) is 4. The van der Waals surface area contributed by atoms with E-state index in [1.807, 2.05) is 18.2 Å². The molecule has 2 N–H and O–H groups in total. The van der Waals surface area contributed by atoms with Gasteiger partial charge in [-0.15, -0.1) is 12.4 Å². The summed E-state index contributed by atoms with van der Waals surface area (Å²) >= 11 is 0. The Kier molecular flexibility index (Phi) is 7.68. The fourth-order valence-corrected chi connectivity index (χ4v) is 2.48. The smallest absolute Gasteiger partial charge is 0.223 e. The Balaban J connectivity index is 0.00000264. The van der Waals surface area contributed by atoms with Gasteiger partial charge in [0.05, 0.1) is 20.8 Å². The number of halogens is 1. The number of hydrogen-bond donors (Lipinski definition) is 1. The highest BCUT2D eigenvalue weighted by atomic mass is 35.5. The zero-order valence-corrected chi connectivity index (χ0v) is 14.4. The van der Waals surface area contributed by atoms with Crippen molar-refractivity contribution in [3.63, 3.8) is 0 Å². The molecule has 1 aliphatic heterocycles. The van der Waals surface area contributed by atoms with Crippen LogP contribution in [0.4, 0.5) is 0 Å². The SMILES string of the molecule is COc1ccc(CCN=C(N)CN2CCCC2=O)cc1OC.Cl. The van der Waals surface area contributed by atoms with Gasteiger partial charge in [0.15, 0.2) is 11.5 Å². The Bertz CT molecular complexity index is 564. The Labute approximate surface area is 143 Å². The zero-order valence-electron chi connectivity index (χ0n) is 13.6. The number of aliphatic imine (C=N–C) groups is 1. The molecule has 0 unspecified atom stereocenters. The number of amides is 1. The Morgan fingerprint density at radius 3 is 2.65 bits per heavy atom. The molecule has 0 spiro atoms. The highest BCUT2D eigenvalue weighted by molar-refractivity contribution is 5.88. The number of amidine groups is 1. The number of carbonyl (C=O) groups is 1.